The second-order valence-electron chi connectivity index (χ2n) is 6.15. The van der Waals surface area contributed by atoms with Crippen molar-refractivity contribution in [2.45, 2.75) is 64.0 Å². The van der Waals surface area contributed by atoms with Crippen LogP contribution in [0.4, 0.5) is 0 Å². The Balaban J connectivity index is 1.70. The molecule has 0 amide bonds. The Hall–Kier alpha value is -0.610. The third-order valence-electron chi connectivity index (χ3n) is 4.81. The van der Waals surface area contributed by atoms with Crippen LogP contribution in [0.3, 0.4) is 0 Å². The summed E-state index contributed by atoms with van der Waals surface area (Å²) in [6.45, 7) is 7.03. The van der Waals surface area contributed by atoms with Gasteiger partial charge in [-0.05, 0) is 65.2 Å². The molecule has 19 heavy (non-hydrogen) atoms. The van der Waals surface area contributed by atoms with Crippen molar-refractivity contribution in [3.05, 3.63) is 0 Å². The Labute approximate surface area is 116 Å². The fourth-order valence-electron chi connectivity index (χ4n) is 3.49. The van der Waals surface area contributed by atoms with E-state index in [1.54, 1.807) is 0 Å². The second-order valence-corrected chi connectivity index (χ2v) is 6.15. The van der Waals surface area contributed by atoms with Gasteiger partial charge in [0.05, 0.1) is 0 Å². The second kappa shape index (κ2) is 7.25. The molecule has 2 heterocycles. The fraction of sp³-hybridized carbons (Fsp3) is 0.933. The lowest BCUT2D eigenvalue weighted by Crippen LogP contribution is -2.48. The third kappa shape index (κ3) is 4.46. The molecule has 4 nitrogen and oxygen atoms in total. The summed E-state index contributed by atoms with van der Waals surface area (Å²) in [5.41, 5.74) is 0. The van der Waals surface area contributed by atoms with Gasteiger partial charge < -0.3 is 14.9 Å². The number of hydrogen-bond acceptors (Lipinski definition) is 3. The summed E-state index contributed by atoms with van der Waals surface area (Å²) in [6.07, 6.45) is 7.75. The first-order valence-corrected chi connectivity index (χ1v) is 7.86. The maximum atomic E-state index is 10.6. The molecule has 0 spiro atoms. The number of hydrogen-bond donors (Lipinski definition) is 1. The van der Waals surface area contributed by atoms with Crippen molar-refractivity contribution in [1.29, 1.82) is 0 Å². The molecule has 2 aliphatic rings. The quantitative estimate of drug-likeness (QED) is 0.830. The molecule has 4 heteroatoms. The van der Waals surface area contributed by atoms with Gasteiger partial charge in [-0.15, -0.1) is 0 Å². The van der Waals surface area contributed by atoms with E-state index in [0.717, 1.165) is 25.6 Å². The van der Waals surface area contributed by atoms with Gasteiger partial charge in [-0.25, -0.2) is 0 Å². The van der Waals surface area contributed by atoms with Gasteiger partial charge >= 0.3 is 5.97 Å². The monoisotopic (exact) mass is 268 g/mol. The summed E-state index contributed by atoms with van der Waals surface area (Å²) >= 11 is 0. The molecule has 110 valence electrons. The zero-order chi connectivity index (χ0) is 13.7. The summed E-state index contributed by atoms with van der Waals surface area (Å²) in [7, 11) is 0. The van der Waals surface area contributed by atoms with Gasteiger partial charge in [0, 0.05) is 18.5 Å². The molecule has 2 aliphatic heterocycles. The highest BCUT2D eigenvalue weighted by Crippen LogP contribution is 2.22. The van der Waals surface area contributed by atoms with Crippen LogP contribution in [-0.2, 0) is 4.79 Å². The summed E-state index contributed by atoms with van der Waals surface area (Å²) in [5.74, 6) is -0.671. The number of aliphatic carboxylic acids is 1. The Morgan fingerprint density at radius 2 is 1.79 bits per heavy atom. The van der Waals surface area contributed by atoms with Crippen molar-refractivity contribution in [3.63, 3.8) is 0 Å². The van der Waals surface area contributed by atoms with E-state index in [4.69, 9.17) is 5.11 Å². The molecule has 0 aromatic heterocycles. The van der Waals surface area contributed by atoms with Crippen LogP contribution < -0.4 is 0 Å². The predicted octanol–water partition coefficient (Wildman–Crippen LogP) is 2.19. The van der Waals surface area contributed by atoms with Crippen molar-refractivity contribution in [3.8, 4) is 0 Å². The molecular weight excluding hydrogens is 240 g/mol. The van der Waals surface area contributed by atoms with E-state index in [-0.39, 0.29) is 0 Å². The average molecular weight is 268 g/mol. The normalized spacial score (nSPS) is 25.3. The van der Waals surface area contributed by atoms with Crippen LogP contribution in [-0.4, -0.2) is 59.1 Å². The number of piperidine rings is 2. The van der Waals surface area contributed by atoms with Gasteiger partial charge in [-0.1, -0.05) is 6.42 Å². The van der Waals surface area contributed by atoms with Crippen molar-refractivity contribution in [2.75, 3.05) is 26.2 Å². The molecule has 1 unspecified atom stereocenters. The zero-order valence-electron chi connectivity index (χ0n) is 12.2. The molecule has 0 saturated carbocycles. The number of nitrogens with zero attached hydrogens (tertiary/aromatic N) is 2. The number of carbonyl (C=O) groups is 1. The molecule has 0 bridgehead atoms. The Morgan fingerprint density at radius 3 is 2.37 bits per heavy atom. The lowest BCUT2D eigenvalue weighted by Gasteiger charge is -2.42. The fourth-order valence-corrected chi connectivity index (χ4v) is 3.49. The van der Waals surface area contributed by atoms with E-state index in [0.29, 0.717) is 12.5 Å². The van der Waals surface area contributed by atoms with Crippen LogP contribution in [0.2, 0.25) is 0 Å². The van der Waals surface area contributed by atoms with E-state index in [9.17, 15) is 4.79 Å². The van der Waals surface area contributed by atoms with Crippen LogP contribution in [0.25, 0.3) is 0 Å². The minimum absolute atomic E-state index is 0.299. The minimum atomic E-state index is -0.671. The van der Waals surface area contributed by atoms with Crippen LogP contribution in [0.1, 0.15) is 51.9 Å². The molecule has 0 aromatic rings. The van der Waals surface area contributed by atoms with E-state index in [2.05, 4.69) is 16.7 Å². The summed E-state index contributed by atoms with van der Waals surface area (Å²) < 4.78 is 0. The Morgan fingerprint density at radius 1 is 1.16 bits per heavy atom. The lowest BCUT2D eigenvalue weighted by atomic mass is 9.98. The first-order chi connectivity index (χ1) is 9.16. The first-order valence-electron chi connectivity index (χ1n) is 7.86. The molecule has 2 rings (SSSR count). The van der Waals surface area contributed by atoms with Crippen molar-refractivity contribution < 1.29 is 9.90 Å². The summed E-state index contributed by atoms with van der Waals surface area (Å²) in [4.78, 5) is 15.8. The maximum absolute atomic E-state index is 10.6. The molecule has 2 fully saturated rings. The van der Waals surface area contributed by atoms with E-state index in [1.165, 1.54) is 45.2 Å². The zero-order valence-corrected chi connectivity index (χ0v) is 12.2. The van der Waals surface area contributed by atoms with Crippen molar-refractivity contribution >= 4 is 5.97 Å². The molecule has 0 aliphatic carbocycles. The van der Waals surface area contributed by atoms with E-state index >= 15 is 0 Å². The number of rotatable bonds is 5. The SMILES string of the molecule is CC(CCC(=O)O)N1CCC(N2CCCCC2)CC1. The topological polar surface area (TPSA) is 43.8 Å². The largest absolute Gasteiger partial charge is 0.481 e. The Bertz CT molecular complexity index is 282. The maximum Gasteiger partial charge on any atom is 0.303 e. The molecule has 1 atom stereocenters. The summed E-state index contributed by atoms with van der Waals surface area (Å²) in [5, 5.41) is 8.75. The van der Waals surface area contributed by atoms with Gasteiger partial charge in [0.2, 0.25) is 0 Å². The van der Waals surface area contributed by atoms with Gasteiger partial charge in [-0.3, -0.25) is 4.79 Å². The summed E-state index contributed by atoms with van der Waals surface area (Å²) in [6, 6.07) is 1.20. The van der Waals surface area contributed by atoms with Crippen LogP contribution in [0, 0.1) is 0 Å². The van der Waals surface area contributed by atoms with E-state index < -0.39 is 5.97 Å². The molecule has 1 N–H and O–H groups in total. The number of carboxylic acid groups (broad SMARTS) is 1. The third-order valence-corrected chi connectivity index (χ3v) is 4.81. The van der Waals surface area contributed by atoms with Gasteiger partial charge in [-0.2, -0.15) is 0 Å². The lowest BCUT2D eigenvalue weighted by molar-refractivity contribution is -0.137. The van der Waals surface area contributed by atoms with Crippen LogP contribution >= 0.6 is 0 Å². The van der Waals surface area contributed by atoms with Crippen molar-refractivity contribution in [1.82, 2.24) is 9.80 Å². The molecular formula is C15H28N2O2. The highest BCUT2D eigenvalue weighted by Gasteiger charge is 2.27. The van der Waals surface area contributed by atoms with E-state index in [1.807, 2.05) is 0 Å². The Kier molecular flexibility index (Phi) is 5.64. The first kappa shape index (κ1) is 14.8. The van der Waals surface area contributed by atoms with Crippen LogP contribution in [0.5, 0.6) is 0 Å². The molecule has 0 radical (unpaired) electrons. The van der Waals surface area contributed by atoms with Crippen LogP contribution in [0.15, 0.2) is 0 Å². The van der Waals surface area contributed by atoms with Gasteiger partial charge in [0.15, 0.2) is 0 Å². The predicted molar refractivity (Wildman–Crippen MR) is 76.4 cm³/mol. The number of carboxylic acids is 1. The molecule has 2 saturated heterocycles. The molecule has 0 aromatic carbocycles. The highest BCUT2D eigenvalue weighted by molar-refractivity contribution is 5.66. The average Bonchev–Trinajstić information content (AvgIpc) is 2.46. The standard InChI is InChI=1S/C15H28N2O2/c1-13(5-6-15(18)19)16-11-7-14(8-12-16)17-9-3-2-4-10-17/h13-14H,2-12H2,1H3,(H,18,19). The van der Waals surface area contributed by atoms with Crippen molar-refractivity contribution in [2.24, 2.45) is 0 Å². The van der Waals surface area contributed by atoms with Gasteiger partial charge in [0.25, 0.3) is 0 Å². The van der Waals surface area contributed by atoms with Gasteiger partial charge in [0.1, 0.15) is 0 Å². The highest BCUT2D eigenvalue weighted by atomic mass is 16.4. The number of likely N-dealkylation sites (tertiary alicyclic amines) is 2. The minimum Gasteiger partial charge on any atom is -0.481 e. The smallest absolute Gasteiger partial charge is 0.303 e.